The van der Waals surface area contributed by atoms with Gasteiger partial charge >= 0.3 is 0 Å². The molecule has 1 amide bonds. The van der Waals surface area contributed by atoms with Gasteiger partial charge in [0.1, 0.15) is 0 Å². The van der Waals surface area contributed by atoms with E-state index in [2.05, 4.69) is 22.3 Å². The number of hydrogen-bond donors (Lipinski definition) is 1. The van der Waals surface area contributed by atoms with Crippen molar-refractivity contribution in [1.29, 1.82) is 0 Å². The van der Waals surface area contributed by atoms with Crippen molar-refractivity contribution in [3.8, 4) is 0 Å². The Labute approximate surface area is 120 Å². The van der Waals surface area contributed by atoms with Crippen LogP contribution in [-0.4, -0.2) is 36.5 Å². The van der Waals surface area contributed by atoms with E-state index in [0.717, 1.165) is 31.6 Å². The lowest BCUT2D eigenvalue weighted by atomic mass is 9.94. The van der Waals surface area contributed by atoms with E-state index in [1.54, 1.807) is 0 Å². The number of likely N-dealkylation sites (tertiary alicyclic amines) is 1. The van der Waals surface area contributed by atoms with Crippen molar-refractivity contribution in [2.75, 3.05) is 19.6 Å². The van der Waals surface area contributed by atoms with E-state index in [1.165, 1.54) is 36.8 Å². The molecule has 0 bridgehead atoms. The molecule has 2 saturated heterocycles. The van der Waals surface area contributed by atoms with Crippen LogP contribution >= 0.6 is 0 Å². The molecule has 0 unspecified atom stereocenters. The van der Waals surface area contributed by atoms with Crippen LogP contribution in [0.25, 0.3) is 0 Å². The average Bonchev–Trinajstić information content (AvgIpc) is 3.11. The lowest BCUT2D eigenvalue weighted by Gasteiger charge is -2.24. The summed E-state index contributed by atoms with van der Waals surface area (Å²) < 4.78 is 0. The third kappa shape index (κ3) is 2.05. The van der Waals surface area contributed by atoms with Crippen molar-refractivity contribution in [2.24, 2.45) is 5.92 Å². The molecule has 1 aromatic carbocycles. The maximum absolute atomic E-state index is 12.7. The number of piperidine rings is 1. The number of hydrogen-bond acceptors (Lipinski definition) is 2. The highest BCUT2D eigenvalue weighted by atomic mass is 16.2. The van der Waals surface area contributed by atoms with Crippen LogP contribution in [0.5, 0.6) is 0 Å². The van der Waals surface area contributed by atoms with Crippen molar-refractivity contribution >= 4 is 5.91 Å². The Kier molecular flexibility index (Phi) is 3.03. The van der Waals surface area contributed by atoms with Crippen molar-refractivity contribution in [3.63, 3.8) is 0 Å². The topological polar surface area (TPSA) is 32.3 Å². The van der Waals surface area contributed by atoms with Crippen molar-refractivity contribution in [2.45, 2.75) is 38.1 Å². The van der Waals surface area contributed by atoms with E-state index in [4.69, 9.17) is 0 Å². The first kappa shape index (κ1) is 12.4. The number of carbonyl (C=O) groups excluding carboxylic acids is 1. The Bertz CT molecular complexity index is 526. The third-order valence-electron chi connectivity index (χ3n) is 5.23. The Morgan fingerprint density at radius 2 is 2.05 bits per heavy atom. The molecule has 3 heteroatoms. The molecule has 0 radical (unpaired) electrons. The van der Waals surface area contributed by atoms with E-state index in [0.29, 0.717) is 12.0 Å². The highest BCUT2D eigenvalue weighted by Gasteiger charge is 2.36. The average molecular weight is 270 g/mol. The fourth-order valence-corrected chi connectivity index (χ4v) is 4.10. The zero-order valence-corrected chi connectivity index (χ0v) is 11.9. The summed E-state index contributed by atoms with van der Waals surface area (Å²) in [6.07, 6.45) is 6.09. The van der Waals surface area contributed by atoms with Crippen molar-refractivity contribution in [3.05, 3.63) is 34.9 Å². The van der Waals surface area contributed by atoms with E-state index < -0.39 is 0 Å². The van der Waals surface area contributed by atoms with Gasteiger partial charge in [-0.15, -0.1) is 0 Å². The van der Waals surface area contributed by atoms with Gasteiger partial charge in [0.25, 0.3) is 5.91 Å². The first-order chi connectivity index (χ1) is 9.81. The van der Waals surface area contributed by atoms with Gasteiger partial charge in [-0.05, 0) is 67.8 Å². The molecule has 0 spiro atoms. The quantitative estimate of drug-likeness (QED) is 0.846. The van der Waals surface area contributed by atoms with Crippen LogP contribution in [0.1, 0.15) is 40.7 Å². The molecule has 0 saturated carbocycles. The molecule has 1 N–H and O–H groups in total. The maximum atomic E-state index is 12.7. The molecule has 106 valence electrons. The number of nitrogens with zero attached hydrogens (tertiary/aromatic N) is 1. The summed E-state index contributed by atoms with van der Waals surface area (Å²) in [5.74, 6) is 0.901. The zero-order chi connectivity index (χ0) is 13.5. The molecule has 3 aliphatic rings. The predicted octanol–water partition coefficient (Wildman–Crippen LogP) is 2.00. The Morgan fingerprint density at radius 3 is 2.95 bits per heavy atom. The summed E-state index contributed by atoms with van der Waals surface area (Å²) >= 11 is 0. The fourth-order valence-electron chi connectivity index (χ4n) is 4.10. The highest BCUT2D eigenvalue weighted by Crippen LogP contribution is 2.28. The number of aryl methyl sites for hydroxylation is 2. The molecule has 4 rings (SSSR count). The normalized spacial score (nSPS) is 28.3. The minimum absolute atomic E-state index is 0.232. The molecule has 1 aliphatic carbocycles. The lowest BCUT2D eigenvalue weighted by Crippen LogP contribution is -2.41. The van der Waals surface area contributed by atoms with Crippen LogP contribution in [0.4, 0.5) is 0 Å². The van der Waals surface area contributed by atoms with Crippen LogP contribution in [0.2, 0.25) is 0 Å². The van der Waals surface area contributed by atoms with Gasteiger partial charge in [0, 0.05) is 24.7 Å². The van der Waals surface area contributed by atoms with Crippen LogP contribution in [0.3, 0.4) is 0 Å². The molecule has 3 nitrogen and oxygen atoms in total. The van der Waals surface area contributed by atoms with E-state index in [-0.39, 0.29) is 5.91 Å². The molecular formula is C17H22N2O. The number of fused-ring (bicyclic) bond motifs is 2. The molecular weight excluding hydrogens is 248 g/mol. The van der Waals surface area contributed by atoms with E-state index in [1.807, 2.05) is 6.07 Å². The second kappa shape index (κ2) is 4.88. The van der Waals surface area contributed by atoms with Gasteiger partial charge in [-0.3, -0.25) is 4.79 Å². The summed E-state index contributed by atoms with van der Waals surface area (Å²) in [4.78, 5) is 14.7. The molecule has 0 aromatic heterocycles. The van der Waals surface area contributed by atoms with Gasteiger partial charge in [0.05, 0.1) is 0 Å². The molecule has 2 aliphatic heterocycles. The van der Waals surface area contributed by atoms with Gasteiger partial charge in [0.2, 0.25) is 0 Å². The summed E-state index contributed by atoms with van der Waals surface area (Å²) in [6.45, 7) is 2.94. The first-order valence-electron chi connectivity index (χ1n) is 7.96. The monoisotopic (exact) mass is 270 g/mol. The van der Waals surface area contributed by atoms with E-state index >= 15 is 0 Å². The summed E-state index contributed by atoms with van der Waals surface area (Å²) in [5.41, 5.74) is 3.73. The molecule has 20 heavy (non-hydrogen) atoms. The number of benzene rings is 1. The van der Waals surface area contributed by atoms with Crippen LogP contribution in [0.15, 0.2) is 18.2 Å². The number of rotatable bonds is 1. The zero-order valence-electron chi connectivity index (χ0n) is 11.9. The number of amides is 1. The van der Waals surface area contributed by atoms with E-state index in [9.17, 15) is 4.79 Å². The maximum Gasteiger partial charge on any atom is 0.253 e. The molecule has 2 atom stereocenters. The van der Waals surface area contributed by atoms with Gasteiger partial charge in [-0.25, -0.2) is 0 Å². The SMILES string of the molecule is O=C(c1ccc2c(c1)CCC2)N1C[C@@H]2CCCN[C@@H]2C1. The summed E-state index contributed by atoms with van der Waals surface area (Å²) in [7, 11) is 0. The van der Waals surface area contributed by atoms with Crippen LogP contribution < -0.4 is 5.32 Å². The standard InChI is InChI=1S/C17H22N2O/c20-17(14-7-6-12-3-1-4-13(12)9-14)19-10-15-5-2-8-18-16(15)11-19/h6-7,9,15-16,18H,1-5,8,10-11H2/t15-,16+/m0/s1. The summed E-state index contributed by atoms with van der Waals surface area (Å²) in [6, 6.07) is 6.86. The fraction of sp³-hybridized carbons (Fsp3) is 0.588. The number of nitrogens with one attached hydrogen (secondary N) is 1. The van der Waals surface area contributed by atoms with Gasteiger partial charge in [-0.1, -0.05) is 6.07 Å². The Balaban J connectivity index is 1.53. The first-order valence-corrected chi connectivity index (χ1v) is 7.96. The molecule has 1 aromatic rings. The van der Waals surface area contributed by atoms with Crippen LogP contribution in [-0.2, 0) is 12.8 Å². The Morgan fingerprint density at radius 1 is 1.15 bits per heavy atom. The number of carbonyl (C=O) groups is 1. The van der Waals surface area contributed by atoms with Crippen molar-refractivity contribution in [1.82, 2.24) is 10.2 Å². The lowest BCUT2D eigenvalue weighted by molar-refractivity contribution is 0.0785. The third-order valence-corrected chi connectivity index (χ3v) is 5.23. The van der Waals surface area contributed by atoms with Gasteiger partial charge < -0.3 is 10.2 Å². The Hall–Kier alpha value is -1.35. The minimum atomic E-state index is 0.232. The van der Waals surface area contributed by atoms with Crippen molar-refractivity contribution < 1.29 is 4.79 Å². The van der Waals surface area contributed by atoms with Crippen LogP contribution in [0, 0.1) is 5.92 Å². The summed E-state index contributed by atoms with van der Waals surface area (Å²) in [5, 5.41) is 3.57. The van der Waals surface area contributed by atoms with Gasteiger partial charge in [0.15, 0.2) is 0 Å². The smallest absolute Gasteiger partial charge is 0.253 e. The second-order valence-electron chi connectivity index (χ2n) is 6.51. The largest absolute Gasteiger partial charge is 0.337 e. The minimum Gasteiger partial charge on any atom is -0.337 e. The van der Waals surface area contributed by atoms with Gasteiger partial charge in [-0.2, -0.15) is 0 Å². The second-order valence-corrected chi connectivity index (χ2v) is 6.51. The molecule has 2 heterocycles. The highest BCUT2D eigenvalue weighted by molar-refractivity contribution is 5.94. The predicted molar refractivity (Wildman–Crippen MR) is 78.9 cm³/mol. The molecule has 2 fully saturated rings.